The van der Waals surface area contributed by atoms with Gasteiger partial charge in [0.05, 0.1) is 10.6 Å². The van der Waals surface area contributed by atoms with Crippen LogP contribution < -0.4 is 5.14 Å². The van der Waals surface area contributed by atoms with Crippen LogP contribution in [0, 0.1) is 12.7 Å². The number of carboxylic acids is 1. The fraction of sp³-hybridized carbons (Fsp3) is 0.0741. The van der Waals surface area contributed by atoms with Gasteiger partial charge in [-0.25, -0.2) is 32.4 Å². The molecule has 192 valence electrons. The molecule has 0 bridgehead atoms. The number of carbonyl (C=O) groups is 1. The average molecular weight is 549 g/mol. The number of nitrogens with zero attached hydrogens (tertiary/aromatic N) is 3. The minimum Gasteiger partial charge on any atom is -0.476 e. The molecule has 2 aromatic heterocycles. The summed E-state index contributed by atoms with van der Waals surface area (Å²) in [5.41, 5.74) is 5.81. The van der Waals surface area contributed by atoms with Crippen LogP contribution in [0.15, 0.2) is 83.2 Å². The van der Waals surface area contributed by atoms with Crippen LogP contribution in [0.3, 0.4) is 0 Å². The molecule has 8 nitrogen and oxygen atoms in total. The lowest BCUT2D eigenvalue weighted by atomic mass is 9.95. The van der Waals surface area contributed by atoms with E-state index in [2.05, 4.69) is 4.98 Å². The summed E-state index contributed by atoms with van der Waals surface area (Å²) in [6.07, 6.45) is 2.20. The lowest BCUT2D eigenvalue weighted by molar-refractivity contribution is 0.0691. The Morgan fingerprint density at radius 2 is 1.74 bits per heavy atom. The lowest BCUT2D eigenvalue weighted by Crippen LogP contribution is -2.11. The van der Waals surface area contributed by atoms with E-state index in [-0.39, 0.29) is 16.4 Å². The molecule has 0 aliphatic rings. The molecule has 2 heterocycles. The molecule has 0 atom stereocenters. The van der Waals surface area contributed by atoms with E-state index >= 15 is 0 Å². The number of thiazole rings is 1. The first kappa shape index (κ1) is 25.5. The van der Waals surface area contributed by atoms with Gasteiger partial charge in [-0.15, -0.1) is 11.3 Å². The molecule has 5 rings (SSSR count). The van der Waals surface area contributed by atoms with Crippen LogP contribution in [0.2, 0.25) is 0 Å². The van der Waals surface area contributed by atoms with E-state index in [1.165, 1.54) is 34.3 Å². The van der Waals surface area contributed by atoms with Gasteiger partial charge in [0.25, 0.3) is 0 Å². The van der Waals surface area contributed by atoms with Gasteiger partial charge in [0.15, 0.2) is 5.69 Å². The molecule has 3 aromatic carbocycles. The van der Waals surface area contributed by atoms with Gasteiger partial charge < -0.3 is 5.11 Å². The van der Waals surface area contributed by atoms with Crippen LogP contribution in [0.4, 0.5) is 4.39 Å². The fourth-order valence-corrected chi connectivity index (χ4v) is 5.31. The highest BCUT2D eigenvalue weighted by molar-refractivity contribution is 7.89. The van der Waals surface area contributed by atoms with Crippen molar-refractivity contribution in [1.29, 1.82) is 0 Å². The molecule has 0 aliphatic heterocycles. The Hall–Kier alpha value is -4.19. The zero-order valence-corrected chi connectivity index (χ0v) is 21.6. The number of rotatable bonds is 7. The van der Waals surface area contributed by atoms with E-state index in [0.717, 1.165) is 44.7 Å². The highest BCUT2D eigenvalue weighted by atomic mass is 32.2. The summed E-state index contributed by atoms with van der Waals surface area (Å²) in [4.78, 5) is 15.5. The van der Waals surface area contributed by atoms with Crippen molar-refractivity contribution in [3.05, 3.63) is 107 Å². The van der Waals surface area contributed by atoms with Crippen molar-refractivity contribution in [2.75, 3.05) is 0 Å². The number of carboxylic acid groups (broad SMARTS) is 1. The molecule has 0 amide bonds. The van der Waals surface area contributed by atoms with Gasteiger partial charge in [-0.1, -0.05) is 36.4 Å². The molecule has 0 radical (unpaired) electrons. The van der Waals surface area contributed by atoms with E-state index in [1.54, 1.807) is 30.5 Å². The third-order valence-electron chi connectivity index (χ3n) is 6.01. The predicted molar refractivity (Wildman–Crippen MR) is 142 cm³/mol. The maximum Gasteiger partial charge on any atom is 0.355 e. The molecule has 0 spiro atoms. The zero-order chi connectivity index (χ0) is 27.0. The van der Waals surface area contributed by atoms with Crippen molar-refractivity contribution >= 4 is 27.3 Å². The van der Waals surface area contributed by atoms with Crippen LogP contribution in [-0.2, 0) is 16.4 Å². The number of primary sulfonamides is 1. The summed E-state index contributed by atoms with van der Waals surface area (Å²) >= 11 is 1.16. The summed E-state index contributed by atoms with van der Waals surface area (Å²) in [5, 5.41) is 21.1. The number of halogens is 1. The number of aromatic carboxylic acids is 1. The summed E-state index contributed by atoms with van der Waals surface area (Å²) in [5.74, 6) is -1.45. The van der Waals surface area contributed by atoms with Crippen molar-refractivity contribution in [2.45, 2.75) is 18.2 Å². The number of aryl methyl sites for hydroxylation is 1. The van der Waals surface area contributed by atoms with Crippen molar-refractivity contribution in [3.63, 3.8) is 0 Å². The Kier molecular flexibility index (Phi) is 6.66. The Labute approximate surface area is 221 Å². The standard InChI is InChI=1S/C27H21FN4O4S2/c1-16-2-5-19(13-23(16)18-6-8-21(28)9-7-18)25-20(12-17-3-10-22(11-4-17)38(29,35)36)14-32(31-25)27-30-24(15-37-27)26(33)34/h2-11,13-15H,12H2,1H3,(H,33,34)(H2,29,35,36). The summed E-state index contributed by atoms with van der Waals surface area (Å²) in [6.45, 7) is 1.97. The number of aromatic nitrogens is 3. The van der Waals surface area contributed by atoms with E-state index in [0.29, 0.717) is 17.2 Å². The topological polar surface area (TPSA) is 128 Å². The smallest absolute Gasteiger partial charge is 0.355 e. The number of hydrogen-bond donors (Lipinski definition) is 2. The third kappa shape index (κ3) is 5.25. The SMILES string of the molecule is Cc1ccc(-c2nn(-c3nc(C(=O)O)cs3)cc2Cc2ccc(S(N)(=O)=O)cc2)cc1-c1ccc(F)cc1. The van der Waals surface area contributed by atoms with Crippen molar-refractivity contribution in [2.24, 2.45) is 5.14 Å². The van der Waals surface area contributed by atoms with E-state index in [1.807, 2.05) is 25.1 Å². The Bertz CT molecular complexity index is 1760. The van der Waals surface area contributed by atoms with E-state index < -0.39 is 16.0 Å². The normalized spacial score (nSPS) is 11.6. The lowest BCUT2D eigenvalue weighted by Gasteiger charge is -2.10. The molecular weight excluding hydrogens is 527 g/mol. The minimum absolute atomic E-state index is 0.0172. The van der Waals surface area contributed by atoms with Crippen LogP contribution in [0.25, 0.3) is 27.5 Å². The summed E-state index contributed by atoms with van der Waals surface area (Å²) in [7, 11) is -3.81. The number of sulfonamides is 1. The Balaban J connectivity index is 1.60. The number of benzene rings is 3. The van der Waals surface area contributed by atoms with Crippen molar-refractivity contribution < 1.29 is 22.7 Å². The maximum atomic E-state index is 13.5. The largest absolute Gasteiger partial charge is 0.476 e. The molecule has 0 aliphatic carbocycles. The Morgan fingerprint density at radius 3 is 2.37 bits per heavy atom. The molecule has 38 heavy (non-hydrogen) atoms. The number of hydrogen-bond acceptors (Lipinski definition) is 6. The van der Waals surface area contributed by atoms with Crippen LogP contribution in [0.5, 0.6) is 0 Å². The van der Waals surface area contributed by atoms with Crippen LogP contribution in [-0.4, -0.2) is 34.3 Å². The van der Waals surface area contributed by atoms with Gasteiger partial charge in [0, 0.05) is 29.1 Å². The average Bonchev–Trinajstić information content (AvgIpc) is 3.53. The molecule has 11 heteroatoms. The van der Waals surface area contributed by atoms with Crippen molar-refractivity contribution in [3.8, 4) is 27.5 Å². The molecule has 3 N–H and O–H groups in total. The third-order valence-corrected chi connectivity index (χ3v) is 7.77. The van der Waals surface area contributed by atoms with Gasteiger partial charge in [-0.2, -0.15) is 5.10 Å². The first-order chi connectivity index (χ1) is 18.1. The van der Waals surface area contributed by atoms with Gasteiger partial charge in [-0.05, 0) is 59.5 Å². The summed E-state index contributed by atoms with van der Waals surface area (Å²) < 4.78 is 38.3. The van der Waals surface area contributed by atoms with E-state index in [4.69, 9.17) is 10.2 Å². The van der Waals surface area contributed by atoms with Crippen LogP contribution in [0.1, 0.15) is 27.2 Å². The first-order valence-electron chi connectivity index (χ1n) is 11.3. The molecule has 0 unspecified atom stereocenters. The monoisotopic (exact) mass is 548 g/mol. The van der Waals surface area contributed by atoms with Crippen molar-refractivity contribution in [1.82, 2.24) is 14.8 Å². The van der Waals surface area contributed by atoms with E-state index in [9.17, 15) is 22.7 Å². The van der Waals surface area contributed by atoms with Gasteiger partial charge in [0.2, 0.25) is 15.2 Å². The zero-order valence-electron chi connectivity index (χ0n) is 20.0. The first-order valence-corrected chi connectivity index (χ1v) is 13.8. The number of nitrogens with two attached hydrogens (primary N) is 1. The molecule has 0 saturated carbocycles. The molecule has 0 fully saturated rings. The molecule has 0 saturated heterocycles. The molecular formula is C27H21FN4O4S2. The Morgan fingerprint density at radius 1 is 1.05 bits per heavy atom. The van der Waals surface area contributed by atoms with Gasteiger partial charge >= 0.3 is 5.97 Å². The fourth-order valence-electron chi connectivity index (χ4n) is 4.07. The summed E-state index contributed by atoms with van der Waals surface area (Å²) in [6, 6.07) is 18.4. The van der Waals surface area contributed by atoms with Gasteiger partial charge in [0.1, 0.15) is 5.82 Å². The highest BCUT2D eigenvalue weighted by Crippen LogP contribution is 2.32. The predicted octanol–water partition coefficient (Wildman–Crippen LogP) is 5.05. The molecule has 5 aromatic rings. The second kappa shape index (κ2) is 9.93. The second-order valence-corrected chi connectivity index (χ2v) is 11.1. The maximum absolute atomic E-state index is 13.5. The van der Waals surface area contributed by atoms with Gasteiger partial charge in [-0.3, -0.25) is 0 Å². The van der Waals surface area contributed by atoms with Crippen LogP contribution >= 0.6 is 11.3 Å². The minimum atomic E-state index is -3.81. The highest BCUT2D eigenvalue weighted by Gasteiger charge is 2.18. The second-order valence-electron chi connectivity index (χ2n) is 8.67. The quantitative estimate of drug-likeness (QED) is 0.293.